The predicted molar refractivity (Wildman–Crippen MR) is 70.5 cm³/mol. The summed E-state index contributed by atoms with van der Waals surface area (Å²) in [6, 6.07) is 1.35. The van der Waals surface area contributed by atoms with Gasteiger partial charge in [0, 0.05) is 12.6 Å². The van der Waals surface area contributed by atoms with Crippen molar-refractivity contribution in [3.8, 4) is 0 Å². The van der Waals surface area contributed by atoms with Crippen molar-refractivity contribution in [3.63, 3.8) is 0 Å². The number of hydrogen-bond donors (Lipinski definition) is 2. The summed E-state index contributed by atoms with van der Waals surface area (Å²) in [5.74, 6) is 1.14. The molecular weight excluding hydrogens is 232 g/mol. The molecule has 1 rings (SSSR count). The van der Waals surface area contributed by atoms with E-state index in [4.69, 9.17) is 4.74 Å². The van der Waals surface area contributed by atoms with E-state index in [1.54, 1.807) is 6.07 Å². The van der Waals surface area contributed by atoms with Crippen molar-refractivity contribution in [3.05, 3.63) is 12.4 Å². The van der Waals surface area contributed by atoms with Crippen LogP contribution in [0.3, 0.4) is 0 Å². The van der Waals surface area contributed by atoms with E-state index in [1.165, 1.54) is 13.4 Å². The van der Waals surface area contributed by atoms with Gasteiger partial charge in [0.1, 0.15) is 24.0 Å². The molecule has 0 spiro atoms. The Bertz CT molecular complexity index is 395. The molecule has 0 saturated heterocycles. The zero-order chi connectivity index (χ0) is 13.5. The highest BCUT2D eigenvalue weighted by atomic mass is 16.5. The number of ether oxygens (including phenoxy) is 1. The Balaban J connectivity index is 2.80. The van der Waals surface area contributed by atoms with E-state index in [0.717, 1.165) is 12.4 Å². The van der Waals surface area contributed by atoms with Gasteiger partial charge < -0.3 is 15.4 Å². The quantitative estimate of drug-likeness (QED) is 0.747. The SMILES string of the molecule is CCNc1cc(NC(C(=O)OC)C(C)C)ncn1. The van der Waals surface area contributed by atoms with Crippen LogP contribution in [0.4, 0.5) is 11.6 Å². The van der Waals surface area contributed by atoms with Crippen molar-refractivity contribution in [2.75, 3.05) is 24.3 Å². The van der Waals surface area contributed by atoms with Crippen LogP contribution in [0.25, 0.3) is 0 Å². The van der Waals surface area contributed by atoms with Crippen molar-refractivity contribution in [1.82, 2.24) is 9.97 Å². The Morgan fingerprint density at radius 1 is 1.39 bits per heavy atom. The van der Waals surface area contributed by atoms with E-state index >= 15 is 0 Å². The Hall–Kier alpha value is -1.85. The van der Waals surface area contributed by atoms with Crippen molar-refractivity contribution < 1.29 is 9.53 Å². The van der Waals surface area contributed by atoms with Crippen LogP contribution in [0.5, 0.6) is 0 Å². The summed E-state index contributed by atoms with van der Waals surface area (Å²) >= 11 is 0. The van der Waals surface area contributed by atoms with Gasteiger partial charge in [0.15, 0.2) is 0 Å². The Morgan fingerprint density at radius 2 is 2.06 bits per heavy atom. The molecule has 6 heteroatoms. The van der Waals surface area contributed by atoms with E-state index in [0.29, 0.717) is 5.82 Å². The first-order valence-electron chi connectivity index (χ1n) is 5.98. The number of rotatable bonds is 6. The number of carbonyl (C=O) groups excluding carboxylic acids is 1. The molecule has 100 valence electrons. The molecular formula is C12H20N4O2. The van der Waals surface area contributed by atoms with Crippen LogP contribution >= 0.6 is 0 Å². The molecule has 0 aliphatic carbocycles. The standard InChI is InChI=1S/C12H20N4O2/c1-5-13-9-6-10(15-7-14-9)16-11(8(2)3)12(17)18-4/h6-8,11H,5H2,1-4H3,(H2,13,14,15,16). The number of aromatic nitrogens is 2. The summed E-state index contributed by atoms with van der Waals surface area (Å²) in [6.45, 7) is 6.66. The van der Waals surface area contributed by atoms with Crippen molar-refractivity contribution in [2.24, 2.45) is 5.92 Å². The molecule has 0 saturated carbocycles. The third-order valence-corrected chi connectivity index (χ3v) is 2.45. The molecule has 6 nitrogen and oxygen atoms in total. The zero-order valence-corrected chi connectivity index (χ0v) is 11.2. The van der Waals surface area contributed by atoms with Crippen LogP contribution in [0.1, 0.15) is 20.8 Å². The molecule has 0 aliphatic rings. The first-order valence-corrected chi connectivity index (χ1v) is 5.98. The highest BCUT2D eigenvalue weighted by Gasteiger charge is 2.23. The molecule has 1 atom stereocenters. The fourth-order valence-corrected chi connectivity index (χ4v) is 1.50. The number of methoxy groups -OCH3 is 1. The van der Waals surface area contributed by atoms with Gasteiger partial charge in [-0.1, -0.05) is 13.8 Å². The molecule has 0 fully saturated rings. The van der Waals surface area contributed by atoms with Crippen molar-refractivity contribution in [2.45, 2.75) is 26.8 Å². The maximum atomic E-state index is 11.6. The molecule has 1 unspecified atom stereocenters. The Morgan fingerprint density at radius 3 is 2.61 bits per heavy atom. The first kappa shape index (κ1) is 14.2. The lowest BCUT2D eigenvalue weighted by molar-refractivity contribution is -0.142. The fourth-order valence-electron chi connectivity index (χ4n) is 1.50. The van der Waals surface area contributed by atoms with Gasteiger partial charge in [-0.3, -0.25) is 0 Å². The van der Waals surface area contributed by atoms with E-state index in [-0.39, 0.29) is 11.9 Å². The van der Waals surface area contributed by atoms with E-state index < -0.39 is 6.04 Å². The Labute approximate surface area is 107 Å². The lowest BCUT2D eigenvalue weighted by atomic mass is 10.0. The zero-order valence-electron chi connectivity index (χ0n) is 11.2. The van der Waals surface area contributed by atoms with Crippen molar-refractivity contribution >= 4 is 17.6 Å². The monoisotopic (exact) mass is 252 g/mol. The normalized spacial score (nSPS) is 12.1. The maximum absolute atomic E-state index is 11.6. The molecule has 1 heterocycles. The number of nitrogens with zero attached hydrogens (tertiary/aromatic N) is 2. The molecule has 2 N–H and O–H groups in total. The van der Waals surface area contributed by atoms with Crippen LogP contribution in [-0.4, -0.2) is 35.6 Å². The maximum Gasteiger partial charge on any atom is 0.328 e. The molecule has 0 bridgehead atoms. The third kappa shape index (κ3) is 3.87. The summed E-state index contributed by atoms with van der Waals surface area (Å²) in [7, 11) is 1.38. The minimum absolute atomic E-state index is 0.106. The lowest BCUT2D eigenvalue weighted by Gasteiger charge is -2.20. The fraction of sp³-hybridized carbons (Fsp3) is 0.583. The molecule has 18 heavy (non-hydrogen) atoms. The van der Waals surface area contributed by atoms with E-state index in [1.807, 2.05) is 20.8 Å². The van der Waals surface area contributed by atoms with Gasteiger partial charge in [-0.2, -0.15) is 0 Å². The van der Waals surface area contributed by atoms with Gasteiger partial charge >= 0.3 is 5.97 Å². The van der Waals surface area contributed by atoms with Gasteiger partial charge in [0.2, 0.25) is 0 Å². The summed E-state index contributed by atoms with van der Waals surface area (Å²) in [5.41, 5.74) is 0. The second-order valence-corrected chi connectivity index (χ2v) is 4.21. The minimum Gasteiger partial charge on any atom is -0.467 e. The van der Waals surface area contributed by atoms with Gasteiger partial charge in [-0.15, -0.1) is 0 Å². The molecule has 0 radical (unpaired) electrons. The Kier molecular flexibility index (Phi) is 5.35. The average Bonchev–Trinajstić information content (AvgIpc) is 2.35. The van der Waals surface area contributed by atoms with Gasteiger partial charge in [-0.05, 0) is 12.8 Å². The largest absolute Gasteiger partial charge is 0.467 e. The summed E-state index contributed by atoms with van der Waals surface area (Å²) in [6.07, 6.45) is 1.45. The summed E-state index contributed by atoms with van der Waals surface area (Å²) < 4.78 is 4.76. The van der Waals surface area contributed by atoms with E-state index in [9.17, 15) is 4.79 Å². The highest BCUT2D eigenvalue weighted by molar-refractivity contribution is 5.79. The smallest absolute Gasteiger partial charge is 0.328 e. The van der Waals surface area contributed by atoms with Crippen LogP contribution < -0.4 is 10.6 Å². The number of carbonyl (C=O) groups is 1. The average molecular weight is 252 g/mol. The lowest BCUT2D eigenvalue weighted by Crippen LogP contribution is -2.35. The first-order chi connectivity index (χ1) is 8.58. The van der Waals surface area contributed by atoms with Crippen LogP contribution in [0, 0.1) is 5.92 Å². The number of anilines is 2. The topological polar surface area (TPSA) is 76.1 Å². The van der Waals surface area contributed by atoms with Gasteiger partial charge in [0.05, 0.1) is 7.11 Å². The van der Waals surface area contributed by atoms with Crippen LogP contribution in [0.2, 0.25) is 0 Å². The second kappa shape index (κ2) is 6.78. The molecule has 0 aromatic carbocycles. The van der Waals surface area contributed by atoms with E-state index in [2.05, 4.69) is 20.6 Å². The molecule has 0 aliphatic heterocycles. The van der Waals surface area contributed by atoms with Crippen LogP contribution in [0.15, 0.2) is 12.4 Å². The number of esters is 1. The molecule has 1 aromatic rings. The summed E-state index contributed by atoms with van der Waals surface area (Å²) in [5, 5.41) is 6.15. The van der Waals surface area contributed by atoms with Gasteiger partial charge in [0.25, 0.3) is 0 Å². The number of hydrogen-bond acceptors (Lipinski definition) is 6. The van der Waals surface area contributed by atoms with Crippen molar-refractivity contribution in [1.29, 1.82) is 0 Å². The van der Waals surface area contributed by atoms with Crippen LogP contribution in [-0.2, 0) is 9.53 Å². The predicted octanol–water partition coefficient (Wildman–Crippen LogP) is 1.52. The molecule has 1 aromatic heterocycles. The van der Waals surface area contributed by atoms with Gasteiger partial charge in [-0.25, -0.2) is 14.8 Å². The minimum atomic E-state index is -0.417. The third-order valence-electron chi connectivity index (χ3n) is 2.45. The number of nitrogens with one attached hydrogen (secondary N) is 2. The summed E-state index contributed by atoms with van der Waals surface area (Å²) in [4.78, 5) is 19.8. The second-order valence-electron chi connectivity index (χ2n) is 4.21. The molecule has 0 amide bonds. The highest BCUT2D eigenvalue weighted by Crippen LogP contribution is 2.14.